The molecule has 1 aromatic carbocycles. The average Bonchev–Trinajstić information content (AvgIpc) is 2.53. The van der Waals surface area contributed by atoms with Crippen molar-refractivity contribution in [3.05, 3.63) is 71.6 Å². The summed E-state index contributed by atoms with van der Waals surface area (Å²) < 4.78 is 0. The van der Waals surface area contributed by atoms with Crippen molar-refractivity contribution in [1.29, 1.82) is 5.41 Å². The van der Waals surface area contributed by atoms with Gasteiger partial charge in [0.15, 0.2) is 0 Å². The molecule has 3 nitrogen and oxygen atoms in total. The molecule has 21 heavy (non-hydrogen) atoms. The van der Waals surface area contributed by atoms with Crippen LogP contribution in [-0.4, -0.2) is 10.7 Å². The van der Waals surface area contributed by atoms with Crippen molar-refractivity contribution in [1.82, 2.24) is 4.98 Å². The second-order valence-electron chi connectivity index (χ2n) is 4.68. The largest absolute Gasteiger partial charge is 0.398 e. The summed E-state index contributed by atoms with van der Waals surface area (Å²) in [6.45, 7) is 5.89. The number of anilines is 1. The van der Waals surface area contributed by atoms with Crippen LogP contribution in [0, 0.1) is 5.41 Å². The van der Waals surface area contributed by atoms with Crippen LogP contribution >= 0.6 is 0 Å². The molecule has 0 saturated heterocycles. The lowest BCUT2D eigenvalue weighted by atomic mass is 9.93. The van der Waals surface area contributed by atoms with Gasteiger partial charge in [0.05, 0.1) is 5.71 Å². The van der Waals surface area contributed by atoms with Crippen LogP contribution in [0.3, 0.4) is 0 Å². The number of rotatable bonds is 5. The highest BCUT2D eigenvalue weighted by Gasteiger charge is 2.11. The number of nitrogens with two attached hydrogens (primary N) is 1. The Hall–Kier alpha value is -2.68. The van der Waals surface area contributed by atoms with E-state index >= 15 is 0 Å². The quantitative estimate of drug-likeness (QED) is 0.642. The van der Waals surface area contributed by atoms with Gasteiger partial charge < -0.3 is 11.1 Å². The Balaban J connectivity index is 2.39. The topological polar surface area (TPSA) is 62.8 Å². The lowest BCUT2D eigenvalue weighted by Gasteiger charge is -2.13. The van der Waals surface area contributed by atoms with Crippen LogP contribution in [0.2, 0.25) is 0 Å². The highest BCUT2D eigenvalue weighted by molar-refractivity contribution is 6.13. The number of allylic oxidation sites excluding steroid dienone is 1. The second-order valence-corrected chi connectivity index (χ2v) is 4.68. The fraction of sp³-hybridized carbons (Fsp3) is 0.111. The number of benzene rings is 1. The number of nitrogens with one attached hydrogen (secondary N) is 1. The molecule has 1 aromatic heterocycles. The van der Waals surface area contributed by atoms with Crippen molar-refractivity contribution < 1.29 is 0 Å². The Labute approximate surface area is 125 Å². The number of hydrogen-bond donors (Lipinski definition) is 2. The molecular weight excluding hydrogens is 258 g/mol. The Kier molecular flexibility index (Phi) is 4.67. The first kappa shape index (κ1) is 14.7. The van der Waals surface area contributed by atoms with Crippen LogP contribution in [0.25, 0.3) is 12.2 Å². The predicted octanol–water partition coefficient (Wildman–Crippen LogP) is 3.95. The van der Waals surface area contributed by atoms with Gasteiger partial charge in [-0.25, -0.2) is 0 Å². The molecule has 0 saturated carbocycles. The van der Waals surface area contributed by atoms with E-state index in [2.05, 4.69) is 18.5 Å². The van der Waals surface area contributed by atoms with Crippen LogP contribution < -0.4 is 5.73 Å². The second kappa shape index (κ2) is 6.66. The number of hydrogen-bond acceptors (Lipinski definition) is 3. The third-order valence-corrected chi connectivity index (χ3v) is 3.37. The van der Waals surface area contributed by atoms with Crippen molar-refractivity contribution >= 4 is 23.6 Å². The molecule has 0 bridgehead atoms. The molecule has 0 aliphatic carbocycles. The highest BCUT2D eigenvalue weighted by Crippen LogP contribution is 2.24. The summed E-state index contributed by atoms with van der Waals surface area (Å²) >= 11 is 0. The van der Waals surface area contributed by atoms with Gasteiger partial charge in [-0.15, -0.1) is 0 Å². The maximum atomic E-state index is 8.32. The summed E-state index contributed by atoms with van der Waals surface area (Å²) in [6, 6.07) is 7.58. The van der Waals surface area contributed by atoms with Crippen LogP contribution in [0.5, 0.6) is 0 Å². The molecule has 106 valence electrons. The van der Waals surface area contributed by atoms with Crippen molar-refractivity contribution in [3.8, 4) is 0 Å². The van der Waals surface area contributed by atoms with Gasteiger partial charge in [0, 0.05) is 23.6 Å². The lowest BCUT2D eigenvalue weighted by Crippen LogP contribution is -2.07. The third-order valence-electron chi connectivity index (χ3n) is 3.37. The van der Waals surface area contributed by atoms with E-state index in [1.54, 1.807) is 18.5 Å². The zero-order valence-corrected chi connectivity index (χ0v) is 12.1. The molecule has 0 atom stereocenters. The molecule has 0 aliphatic rings. The first-order valence-electron chi connectivity index (χ1n) is 6.88. The summed E-state index contributed by atoms with van der Waals surface area (Å²) in [7, 11) is 0. The van der Waals surface area contributed by atoms with Crippen LogP contribution in [0.1, 0.15) is 29.2 Å². The van der Waals surface area contributed by atoms with E-state index in [-0.39, 0.29) is 0 Å². The van der Waals surface area contributed by atoms with Crippen LogP contribution in [-0.2, 0) is 6.42 Å². The summed E-state index contributed by atoms with van der Waals surface area (Å²) in [4.78, 5) is 3.98. The Morgan fingerprint density at radius 1 is 1.29 bits per heavy atom. The zero-order chi connectivity index (χ0) is 15.2. The van der Waals surface area contributed by atoms with E-state index < -0.39 is 0 Å². The molecule has 0 unspecified atom stereocenters. The first-order valence-corrected chi connectivity index (χ1v) is 6.88. The minimum Gasteiger partial charge on any atom is -0.398 e. The van der Waals surface area contributed by atoms with Crippen LogP contribution in [0.4, 0.5) is 5.69 Å². The van der Waals surface area contributed by atoms with E-state index in [1.807, 2.05) is 36.4 Å². The molecule has 0 radical (unpaired) electrons. The SMILES string of the molecule is C=Cc1ccc(N)c(C(=N)/C=C/c2ccncc2)c1CC. The number of nitrogens with zero attached hydrogens (tertiary/aromatic N) is 1. The summed E-state index contributed by atoms with van der Waals surface area (Å²) in [5.74, 6) is 0. The van der Waals surface area contributed by atoms with Crippen LogP contribution in [0.15, 0.2) is 49.3 Å². The molecule has 1 heterocycles. The number of pyridine rings is 1. The normalized spacial score (nSPS) is 10.7. The van der Waals surface area contributed by atoms with E-state index in [0.717, 1.165) is 28.7 Å². The van der Waals surface area contributed by atoms with E-state index in [9.17, 15) is 0 Å². The Morgan fingerprint density at radius 3 is 2.62 bits per heavy atom. The molecule has 0 fully saturated rings. The van der Waals surface area contributed by atoms with Crippen molar-refractivity contribution in [3.63, 3.8) is 0 Å². The highest BCUT2D eigenvalue weighted by atomic mass is 14.6. The summed E-state index contributed by atoms with van der Waals surface area (Å²) in [5.41, 5.74) is 11.0. The molecular formula is C18H19N3. The molecule has 0 amide bonds. The van der Waals surface area contributed by atoms with Gasteiger partial charge in [-0.3, -0.25) is 4.98 Å². The van der Waals surface area contributed by atoms with Gasteiger partial charge in [-0.2, -0.15) is 0 Å². The lowest BCUT2D eigenvalue weighted by molar-refractivity contribution is 1.13. The molecule has 2 rings (SSSR count). The fourth-order valence-corrected chi connectivity index (χ4v) is 2.31. The molecule has 2 aromatic rings. The van der Waals surface area contributed by atoms with Gasteiger partial charge >= 0.3 is 0 Å². The third kappa shape index (κ3) is 3.26. The summed E-state index contributed by atoms with van der Waals surface area (Å²) in [6.07, 6.45) is 9.74. The van der Waals surface area contributed by atoms with Gasteiger partial charge in [0.25, 0.3) is 0 Å². The Bertz CT molecular complexity index is 685. The number of nitrogen functional groups attached to an aromatic ring is 1. The smallest absolute Gasteiger partial charge is 0.0636 e. The first-order chi connectivity index (χ1) is 10.2. The van der Waals surface area contributed by atoms with Crippen molar-refractivity contribution in [2.24, 2.45) is 0 Å². The van der Waals surface area contributed by atoms with E-state index in [0.29, 0.717) is 11.4 Å². The minimum absolute atomic E-state index is 0.407. The molecule has 0 aliphatic heterocycles. The minimum atomic E-state index is 0.407. The average molecular weight is 277 g/mol. The van der Waals surface area contributed by atoms with E-state index in [4.69, 9.17) is 11.1 Å². The molecule has 3 N–H and O–H groups in total. The number of aromatic nitrogens is 1. The molecule has 3 heteroatoms. The monoisotopic (exact) mass is 277 g/mol. The standard InChI is InChI=1S/C18H19N3/c1-3-14-6-8-17(20)18(15(14)4-2)16(19)7-5-13-9-11-21-12-10-13/h3,5-12,19H,1,4,20H2,2H3/b7-5+,19-16?. The predicted molar refractivity (Wildman–Crippen MR) is 90.4 cm³/mol. The molecule has 0 spiro atoms. The Morgan fingerprint density at radius 2 is 2.00 bits per heavy atom. The van der Waals surface area contributed by atoms with Gasteiger partial charge in [0.1, 0.15) is 0 Å². The van der Waals surface area contributed by atoms with Crippen molar-refractivity contribution in [2.45, 2.75) is 13.3 Å². The van der Waals surface area contributed by atoms with Gasteiger partial charge in [0.2, 0.25) is 0 Å². The maximum Gasteiger partial charge on any atom is 0.0636 e. The summed E-state index contributed by atoms with van der Waals surface area (Å²) in [5, 5.41) is 8.32. The zero-order valence-electron chi connectivity index (χ0n) is 12.1. The van der Waals surface area contributed by atoms with E-state index in [1.165, 1.54) is 0 Å². The van der Waals surface area contributed by atoms with Gasteiger partial charge in [-0.1, -0.05) is 31.7 Å². The fourth-order valence-electron chi connectivity index (χ4n) is 2.31. The van der Waals surface area contributed by atoms with Crippen molar-refractivity contribution in [2.75, 3.05) is 5.73 Å². The maximum absolute atomic E-state index is 8.32. The van der Waals surface area contributed by atoms with Gasteiger partial charge in [-0.05, 0) is 47.4 Å².